The number of nitrogens with one attached hydrogen (secondary N) is 1. The molecular formula is C18H27NO. The van der Waals surface area contributed by atoms with Crippen molar-refractivity contribution >= 4 is 5.69 Å². The van der Waals surface area contributed by atoms with Crippen molar-refractivity contribution in [1.82, 2.24) is 0 Å². The van der Waals surface area contributed by atoms with Crippen LogP contribution in [0, 0.1) is 11.8 Å². The first-order chi connectivity index (χ1) is 9.74. The molecule has 2 aliphatic rings. The number of aliphatic hydroxyl groups excluding tert-OH is 1. The van der Waals surface area contributed by atoms with Gasteiger partial charge in [-0.3, -0.25) is 0 Å². The number of hydrogen-bond acceptors (Lipinski definition) is 2. The lowest BCUT2D eigenvalue weighted by molar-refractivity contribution is 0.162. The zero-order valence-corrected chi connectivity index (χ0v) is 12.5. The lowest BCUT2D eigenvalue weighted by Gasteiger charge is -2.40. The lowest BCUT2D eigenvalue weighted by Crippen LogP contribution is -2.34. The van der Waals surface area contributed by atoms with Crippen molar-refractivity contribution < 1.29 is 5.11 Å². The van der Waals surface area contributed by atoms with Crippen LogP contribution in [-0.4, -0.2) is 11.1 Å². The Morgan fingerprint density at radius 1 is 1.05 bits per heavy atom. The molecule has 0 spiro atoms. The quantitative estimate of drug-likeness (QED) is 0.849. The van der Waals surface area contributed by atoms with Crippen LogP contribution in [0.3, 0.4) is 0 Å². The first-order valence-corrected chi connectivity index (χ1v) is 8.27. The molecule has 0 heterocycles. The van der Waals surface area contributed by atoms with E-state index >= 15 is 0 Å². The molecule has 4 atom stereocenters. The smallest absolute Gasteiger partial charge is 0.0781 e. The number of fused-ring (bicyclic) bond motifs is 1. The summed E-state index contributed by atoms with van der Waals surface area (Å²) in [7, 11) is 0. The van der Waals surface area contributed by atoms with Crippen molar-refractivity contribution in [3.63, 3.8) is 0 Å². The van der Waals surface area contributed by atoms with Gasteiger partial charge in [0, 0.05) is 17.3 Å². The van der Waals surface area contributed by atoms with E-state index in [0.717, 1.165) is 23.1 Å². The Kier molecular flexibility index (Phi) is 4.30. The van der Waals surface area contributed by atoms with E-state index in [1.165, 1.54) is 44.9 Å². The second-order valence-electron chi connectivity index (χ2n) is 6.72. The highest BCUT2D eigenvalue weighted by molar-refractivity contribution is 5.52. The van der Waals surface area contributed by atoms with Gasteiger partial charge in [0.1, 0.15) is 0 Å². The largest absolute Gasteiger partial charge is 0.389 e. The van der Waals surface area contributed by atoms with Gasteiger partial charge in [-0.2, -0.15) is 0 Å². The van der Waals surface area contributed by atoms with Crippen molar-refractivity contribution in [3.05, 3.63) is 29.8 Å². The molecule has 2 fully saturated rings. The first kappa shape index (κ1) is 13.9. The molecule has 2 saturated carbocycles. The Balaban J connectivity index is 1.66. The van der Waals surface area contributed by atoms with Gasteiger partial charge in [0.15, 0.2) is 0 Å². The van der Waals surface area contributed by atoms with Crippen LogP contribution in [0.5, 0.6) is 0 Å². The van der Waals surface area contributed by atoms with Crippen LogP contribution in [0.4, 0.5) is 5.69 Å². The summed E-state index contributed by atoms with van der Waals surface area (Å²) in [5.41, 5.74) is 2.15. The maximum absolute atomic E-state index is 9.88. The van der Waals surface area contributed by atoms with Crippen LogP contribution in [0.25, 0.3) is 0 Å². The van der Waals surface area contributed by atoms with Crippen molar-refractivity contribution in [1.29, 1.82) is 0 Å². The fourth-order valence-corrected chi connectivity index (χ4v) is 4.22. The summed E-state index contributed by atoms with van der Waals surface area (Å²) in [5, 5.41) is 13.6. The summed E-state index contributed by atoms with van der Waals surface area (Å²) in [5.74, 6) is 1.93. The minimum atomic E-state index is -0.398. The normalized spacial score (nSPS) is 31.4. The molecule has 0 saturated heterocycles. The maximum atomic E-state index is 9.88. The molecule has 0 amide bonds. The van der Waals surface area contributed by atoms with E-state index in [1.807, 2.05) is 19.1 Å². The summed E-state index contributed by atoms with van der Waals surface area (Å²) in [4.78, 5) is 0. The maximum Gasteiger partial charge on any atom is 0.0781 e. The Labute approximate surface area is 122 Å². The highest BCUT2D eigenvalue weighted by Gasteiger charge is 2.32. The van der Waals surface area contributed by atoms with E-state index < -0.39 is 6.10 Å². The van der Waals surface area contributed by atoms with Gasteiger partial charge in [-0.05, 0) is 44.1 Å². The van der Waals surface area contributed by atoms with Gasteiger partial charge >= 0.3 is 0 Å². The molecule has 0 bridgehead atoms. The Morgan fingerprint density at radius 2 is 1.80 bits per heavy atom. The molecule has 0 aliphatic heterocycles. The molecule has 2 aliphatic carbocycles. The molecule has 1 aromatic rings. The third kappa shape index (κ3) is 3.01. The lowest BCUT2D eigenvalue weighted by atomic mass is 9.69. The molecule has 2 heteroatoms. The van der Waals surface area contributed by atoms with Crippen LogP contribution in [-0.2, 0) is 0 Å². The number of para-hydroxylation sites is 1. The average Bonchev–Trinajstić information content (AvgIpc) is 2.47. The molecular weight excluding hydrogens is 246 g/mol. The zero-order chi connectivity index (χ0) is 13.9. The highest BCUT2D eigenvalue weighted by Crippen LogP contribution is 2.41. The van der Waals surface area contributed by atoms with Crippen LogP contribution in [0.1, 0.15) is 63.5 Å². The van der Waals surface area contributed by atoms with Crippen molar-refractivity contribution in [2.24, 2.45) is 11.8 Å². The van der Waals surface area contributed by atoms with Crippen LogP contribution >= 0.6 is 0 Å². The predicted octanol–water partition coefficient (Wildman–Crippen LogP) is 4.51. The molecule has 0 aromatic heterocycles. The van der Waals surface area contributed by atoms with Gasteiger partial charge in [0.2, 0.25) is 0 Å². The van der Waals surface area contributed by atoms with Crippen LogP contribution < -0.4 is 5.32 Å². The third-order valence-electron chi connectivity index (χ3n) is 5.31. The van der Waals surface area contributed by atoms with E-state index in [4.69, 9.17) is 0 Å². The van der Waals surface area contributed by atoms with E-state index in [0.29, 0.717) is 6.04 Å². The zero-order valence-electron chi connectivity index (χ0n) is 12.5. The highest BCUT2D eigenvalue weighted by atomic mass is 16.3. The Bertz CT molecular complexity index is 443. The molecule has 2 nitrogen and oxygen atoms in total. The van der Waals surface area contributed by atoms with Gasteiger partial charge in [-0.25, -0.2) is 0 Å². The van der Waals surface area contributed by atoms with Gasteiger partial charge in [-0.15, -0.1) is 0 Å². The van der Waals surface area contributed by atoms with Gasteiger partial charge in [0.05, 0.1) is 6.10 Å². The van der Waals surface area contributed by atoms with Crippen molar-refractivity contribution in [2.75, 3.05) is 5.32 Å². The van der Waals surface area contributed by atoms with Gasteiger partial charge in [0.25, 0.3) is 0 Å². The standard InChI is InChI=1S/C18H27NO/c1-13(20)17-8-4-5-9-18(17)19-16-11-10-14-6-2-3-7-15(14)12-16/h4-5,8-9,13-16,19-20H,2-3,6-7,10-12H2,1H3. The number of anilines is 1. The molecule has 20 heavy (non-hydrogen) atoms. The van der Waals surface area contributed by atoms with Gasteiger partial charge < -0.3 is 10.4 Å². The van der Waals surface area contributed by atoms with Crippen LogP contribution in [0.15, 0.2) is 24.3 Å². The summed E-state index contributed by atoms with van der Waals surface area (Å²) < 4.78 is 0. The monoisotopic (exact) mass is 273 g/mol. The Morgan fingerprint density at radius 3 is 2.60 bits per heavy atom. The summed E-state index contributed by atoms with van der Waals surface area (Å²) in [6.45, 7) is 1.85. The number of aliphatic hydroxyl groups is 1. The van der Waals surface area contributed by atoms with E-state index in [1.54, 1.807) is 0 Å². The van der Waals surface area contributed by atoms with E-state index in [2.05, 4.69) is 17.4 Å². The predicted molar refractivity (Wildman–Crippen MR) is 83.8 cm³/mol. The Hall–Kier alpha value is -1.02. The van der Waals surface area contributed by atoms with Crippen molar-refractivity contribution in [2.45, 2.75) is 64.0 Å². The molecule has 2 N–H and O–H groups in total. The summed E-state index contributed by atoms with van der Waals surface area (Å²) in [6.07, 6.45) is 9.36. The molecule has 3 rings (SSSR count). The average molecular weight is 273 g/mol. The first-order valence-electron chi connectivity index (χ1n) is 8.27. The topological polar surface area (TPSA) is 32.3 Å². The van der Waals surface area contributed by atoms with Crippen molar-refractivity contribution in [3.8, 4) is 0 Å². The van der Waals surface area contributed by atoms with Crippen LogP contribution in [0.2, 0.25) is 0 Å². The molecule has 4 unspecified atom stereocenters. The molecule has 0 radical (unpaired) electrons. The van der Waals surface area contributed by atoms with Gasteiger partial charge in [-0.1, -0.05) is 43.9 Å². The minimum Gasteiger partial charge on any atom is -0.389 e. The summed E-state index contributed by atoms with van der Waals surface area (Å²) in [6, 6.07) is 8.79. The number of hydrogen-bond donors (Lipinski definition) is 2. The summed E-state index contributed by atoms with van der Waals surface area (Å²) >= 11 is 0. The fourth-order valence-electron chi connectivity index (χ4n) is 4.22. The third-order valence-corrected chi connectivity index (χ3v) is 5.31. The number of benzene rings is 1. The van der Waals surface area contributed by atoms with E-state index in [9.17, 15) is 5.11 Å². The second kappa shape index (κ2) is 6.17. The number of rotatable bonds is 3. The van der Waals surface area contributed by atoms with E-state index in [-0.39, 0.29) is 0 Å². The SMILES string of the molecule is CC(O)c1ccccc1NC1CCC2CCCCC2C1. The minimum absolute atomic E-state index is 0.398. The molecule has 110 valence electrons. The fraction of sp³-hybridized carbons (Fsp3) is 0.667. The second-order valence-corrected chi connectivity index (χ2v) is 6.72. The molecule has 1 aromatic carbocycles.